The van der Waals surface area contributed by atoms with Crippen molar-refractivity contribution in [3.63, 3.8) is 0 Å². The fourth-order valence-corrected chi connectivity index (χ4v) is 3.57. The zero-order valence-electron chi connectivity index (χ0n) is 14.3. The highest BCUT2D eigenvalue weighted by Gasteiger charge is 2.16. The highest BCUT2D eigenvalue weighted by atomic mass is 35.5. The van der Waals surface area contributed by atoms with E-state index < -0.39 is 0 Å². The smallest absolute Gasteiger partial charge is 0.0991 e. The van der Waals surface area contributed by atoms with Crippen molar-refractivity contribution in [3.8, 4) is 17.3 Å². The minimum Gasteiger partial charge on any atom is -0.336 e. The Morgan fingerprint density at radius 3 is 2.62 bits per heavy atom. The number of rotatable bonds is 3. The van der Waals surface area contributed by atoms with Crippen LogP contribution >= 0.6 is 11.6 Å². The van der Waals surface area contributed by atoms with Gasteiger partial charge in [-0.25, -0.2) is 0 Å². The van der Waals surface area contributed by atoms with Crippen LogP contribution in [0.3, 0.4) is 0 Å². The largest absolute Gasteiger partial charge is 0.336 e. The molecule has 2 aromatic heterocycles. The lowest BCUT2D eigenvalue weighted by Crippen LogP contribution is -2.02. The van der Waals surface area contributed by atoms with Crippen LogP contribution in [0.25, 0.3) is 22.2 Å². The zero-order chi connectivity index (χ0) is 18.1. The highest BCUT2D eigenvalue weighted by molar-refractivity contribution is 6.31. The molecular formula is C22H16ClN3. The number of hydrogen-bond donors (Lipinski definition) is 0. The Kier molecular flexibility index (Phi) is 4.20. The number of nitrogens with zero attached hydrogens (tertiary/aromatic N) is 3. The molecule has 2 heterocycles. The third-order valence-corrected chi connectivity index (χ3v) is 4.87. The standard InChI is InChI=1S/C22H16ClN3/c1-15-20-11-19(23)8-9-21(20)26(22(15)18-3-2-10-25-13-18)14-17-6-4-16(12-24)5-7-17/h2-11,13H,14H2,1H3. The van der Waals surface area contributed by atoms with Crippen LogP contribution in [0, 0.1) is 18.3 Å². The second-order valence-corrected chi connectivity index (χ2v) is 6.71. The molecule has 0 aliphatic carbocycles. The molecule has 0 N–H and O–H groups in total. The van der Waals surface area contributed by atoms with Crippen LogP contribution in [0.4, 0.5) is 0 Å². The van der Waals surface area contributed by atoms with Crippen molar-refractivity contribution in [2.75, 3.05) is 0 Å². The zero-order valence-corrected chi connectivity index (χ0v) is 15.0. The fourth-order valence-electron chi connectivity index (χ4n) is 3.40. The maximum absolute atomic E-state index is 9.01. The molecule has 0 atom stereocenters. The molecule has 0 unspecified atom stereocenters. The van der Waals surface area contributed by atoms with Gasteiger partial charge in [0.15, 0.2) is 0 Å². The van der Waals surface area contributed by atoms with E-state index in [-0.39, 0.29) is 0 Å². The first kappa shape index (κ1) is 16.4. The van der Waals surface area contributed by atoms with E-state index in [1.807, 2.05) is 48.7 Å². The summed E-state index contributed by atoms with van der Waals surface area (Å²) in [6.07, 6.45) is 3.67. The lowest BCUT2D eigenvalue weighted by molar-refractivity contribution is 0.842. The van der Waals surface area contributed by atoms with Crippen LogP contribution < -0.4 is 0 Å². The first-order valence-corrected chi connectivity index (χ1v) is 8.73. The van der Waals surface area contributed by atoms with Crippen molar-refractivity contribution >= 4 is 22.5 Å². The molecule has 0 amide bonds. The summed E-state index contributed by atoms with van der Waals surface area (Å²) in [6.45, 7) is 2.83. The molecule has 2 aromatic carbocycles. The van der Waals surface area contributed by atoms with Gasteiger partial charge >= 0.3 is 0 Å². The molecule has 4 heteroatoms. The van der Waals surface area contributed by atoms with Gasteiger partial charge in [-0.05, 0) is 60.5 Å². The van der Waals surface area contributed by atoms with Gasteiger partial charge in [-0.2, -0.15) is 5.26 Å². The molecule has 0 saturated heterocycles. The van der Waals surface area contributed by atoms with E-state index in [0.29, 0.717) is 12.1 Å². The Labute approximate surface area is 157 Å². The van der Waals surface area contributed by atoms with Gasteiger partial charge < -0.3 is 4.57 Å². The third kappa shape index (κ3) is 2.85. The number of aromatic nitrogens is 2. The molecule has 4 aromatic rings. The van der Waals surface area contributed by atoms with Gasteiger partial charge in [0.25, 0.3) is 0 Å². The number of aryl methyl sites for hydroxylation is 1. The number of halogens is 1. The van der Waals surface area contributed by atoms with Crippen molar-refractivity contribution in [1.82, 2.24) is 9.55 Å². The summed E-state index contributed by atoms with van der Waals surface area (Å²) in [6, 6.07) is 19.9. The fraction of sp³-hybridized carbons (Fsp3) is 0.0909. The highest BCUT2D eigenvalue weighted by Crippen LogP contribution is 2.35. The Bertz CT molecular complexity index is 1120. The monoisotopic (exact) mass is 357 g/mol. The first-order chi connectivity index (χ1) is 12.7. The van der Waals surface area contributed by atoms with E-state index >= 15 is 0 Å². The molecule has 4 rings (SSSR count). The second-order valence-electron chi connectivity index (χ2n) is 6.27. The van der Waals surface area contributed by atoms with Gasteiger partial charge in [0.1, 0.15) is 0 Å². The molecule has 0 bridgehead atoms. The number of nitriles is 1. The summed E-state index contributed by atoms with van der Waals surface area (Å²) in [7, 11) is 0. The Morgan fingerprint density at radius 1 is 1.12 bits per heavy atom. The quantitative estimate of drug-likeness (QED) is 0.480. The van der Waals surface area contributed by atoms with Gasteiger partial charge in [-0.3, -0.25) is 4.98 Å². The van der Waals surface area contributed by atoms with Gasteiger partial charge in [-0.15, -0.1) is 0 Å². The van der Waals surface area contributed by atoms with E-state index in [2.05, 4.69) is 34.7 Å². The van der Waals surface area contributed by atoms with Gasteiger partial charge in [0.2, 0.25) is 0 Å². The predicted octanol–water partition coefficient (Wildman–Crippen LogP) is 5.59. The van der Waals surface area contributed by atoms with Gasteiger partial charge in [-0.1, -0.05) is 23.7 Å². The van der Waals surface area contributed by atoms with Gasteiger partial charge in [0.05, 0.1) is 17.3 Å². The molecule has 0 fully saturated rings. The summed E-state index contributed by atoms with van der Waals surface area (Å²) >= 11 is 6.24. The number of pyridine rings is 1. The van der Waals surface area contributed by atoms with Crippen molar-refractivity contribution in [3.05, 3.63) is 88.7 Å². The van der Waals surface area contributed by atoms with Gasteiger partial charge in [0, 0.05) is 40.4 Å². The Balaban J connectivity index is 1.92. The Morgan fingerprint density at radius 2 is 1.92 bits per heavy atom. The summed E-state index contributed by atoms with van der Waals surface area (Å²) in [5.41, 5.74) is 6.34. The van der Waals surface area contributed by atoms with Crippen LogP contribution in [0.5, 0.6) is 0 Å². The van der Waals surface area contributed by atoms with Crippen LogP contribution in [0.15, 0.2) is 67.0 Å². The topological polar surface area (TPSA) is 41.6 Å². The van der Waals surface area contributed by atoms with E-state index in [4.69, 9.17) is 16.9 Å². The van der Waals surface area contributed by atoms with Crippen molar-refractivity contribution in [2.45, 2.75) is 13.5 Å². The molecule has 0 spiro atoms. The van der Waals surface area contributed by atoms with Crippen LogP contribution in [0.1, 0.15) is 16.7 Å². The van der Waals surface area contributed by atoms with Crippen molar-refractivity contribution < 1.29 is 0 Å². The normalized spacial score (nSPS) is 10.8. The molecule has 0 aliphatic heterocycles. The van der Waals surface area contributed by atoms with E-state index in [9.17, 15) is 0 Å². The average molecular weight is 358 g/mol. The summed E-state index contributed by atoms with van der Waals surface area (Å²) in [4.78, 5) is 4.29. The lowest BCUT2D eigenvalue weighted by Gasteiger charge is -2.12. The Hall–Kier alpha value is -3.09. The average Bonchev–Trinajstić information content (AvgIpc) is 2.94. The molecule has 0 saturated carbocycles. The van der Waals surface area contributed by atoms with E-state index in [1.165, 1.54) is 5.56 Å². The molecule has 0 aliphatic rings. The third-order valence-electron chi connectivity index (χ3n) is 4.64. The van der Waals surface area contributed by atoms with Crippen LogP contribution in [-0.4, -0.2) is 9.55 Å². The number of hydrogen-bond acceptors (Lipinski definition) is 2. The molecule has 126 valence electrons. The lowest BCUT2D eigenvalue weighted by atomic mass is 10.1. The van der Waals surface area contributed by atoms with Crippen LogP contribution in [-0.2, 0) is 6.54 Å². The van der Waals surface area contributed by atoms with Crippen LogP contribution in [0.2, 0.25) is 5.02 Å². The first-order valence-electron chi connectivity index (χ1n) is 8.35. The SMILES string of the molecule is Cc1c(-c2cccnc2)n(Cc2ccc(C#N)cc2)c2ccc(Cl)cc12. The maximum Gasteiger partial charge on any atom is 0.0991 e. The molecule has 26 heavy (non-hydrogen) atoms. The van der Waals surface area contributed by atoms with E-state index in [1.54, 1.807) is 6.20 Å². The number of benzene rings is 2. The van der Waals surface area contributed by atoms with Crippen molar-refractivity contribution in [2.24, 2.45) is 0 Å². The predicted molar refractivity (Wildman–Crippen MR) is 105 cm³/mol. The maximum atomic E-state index is 9.01. The minimum atomic E-state index is 0.668. The second kappa shape index (κ2) is 6.67. The summed E-state index contributed by atoms with van der Waals surface area (Å²) in [5.74, 6) is 0. The summed E-state index contributed by atoms with van der Waals surface area (Å²) < 4.78 is 2.29. The summed E-state index contributed by atoms with van der Waals surface area (Å²) in [5, 5.41) is 10.9. The number of fused-ring (bicyclic) bond motifs is 1. The van der Waals surface area contributed by atoms with Crippen molar-refractivity contribution in [1.29, 1.82) is 5.26 Å². The minimum absolute atomic E-state index is 0.668. The molecule has 0 radical (unpaired) electrons. The molecular weight excluding hydrogens is 342 g/mol. The molecule has 3 nitrogen and oxygen atoms in total. The van der Waals surface area contributed by atoms with E-state index in [0.717, 1.165) is 32.7 Å².